The van der Waals surface area contributed by atoms with Crippen molar-refractivity contribution < 1.29 is 9.90 Å². The summed E-state index contributed by atoms with van der Waals surface area (Å²) in [7, 11) is 0. The van der Waals surface area contributed by atoms with Gasteiger partial charge in [-0.3, -0.25) is 10.1 Å². The first-order valence-electron chi connectivity index (χ1n) is 6.86. The maximum atomic E-state index is 11.3. The molecule has 1 rings (SSSR count). The summed E-state index contributed by atoms with van der Waals surface area (Å²) in [6, 6.07) is 5.89. The van der Waals surface area contributed by atoms with Crippen LogP contribution in [0.15, 0.2) is 18.2 Å². The van der Waals surface area contributed by atoms with Crippen LogP contribution in [0.2, 0.25) is 0 Å². The molecule has 0 amide bonds. The molecule has 2 unspecified atom stereocenters. The first-order valence-corrected chi connectivity index (χ1v) is 6.86. The van der Waals surface area contributed by atoms with Crippen molar-refractivity contribution in [1.82, 2.24) is 5.32 Å². The molecule has 0 aliphatic carbocycles. The smallest absolute Gasteiger partial charge is 0.320 e. The van der Waals surface area contributed by atoms with Crippen molar-refractivity contribution >= 4 is 5.97 Å². The third-order valence-corrected chi connectivity index (χ3v) is 3.20. The SMILES string of the molecule is Cc1cc(C)cc(C(C)NC(CC(C)C)C(=O)O)c1. The van der Waals surface area contributed by atoms with Crippen molar-refractivity contribution in [2.45, 2.75) is 53.1 Å². The van der Waals surface area contributed by atoms with Crippen LogP contribution in [0, 0.1) is 19.8 Å². The van der Waals surface area contributed by atoms with Crippen LogP contribution < -0.4 is 5.32 Å². The fourth-order valence-corrected chi connectivity index (χ4v) is 2.37. The van der Waals surface area contributed by atoms with Gasteiger partial charge in [0.2, 0.25) is 0 Å². The van der Waals surface area contributed by atoms with Gasteiger partial charge < -0.3 is 5.11 Å². The molecule has 1 aromatic rings. The molecule has 0 fully saturated rings. The number of rotatable bonds is 6. The summed E-state index contributed by atoms with van der Waals surface area (Å²) in [5, 5.41) is 12.5. The Balaban J connectivity index is 2.81. The number of carbonyl (C=O) groups is 1. The zero-order valence-corrected chi connectivity index (χ0v) is 12.5. The highest BCUT2D eigenvalue weighted by molar-refractivity contribution is 5.73. The van der Waals surface area contributed by atoms with Crippen LogP contribution in [0.5, 0.6) is 0 Å². The Kier molecular flexibility index (Phi) is 5.55. The lowest BCUT2D eigenvalue weighted by atomic mass is 9.99. The maximum Gasteiger partial charge on any atom is 0.320 e. The first-order chi connectivity index (χ1) is 8.79. The zero-order chi connectivity index (χ0) is 14.6. The highest BCUT2D eigenvalue weighted by atomic mass is 16.4. The van der Waals surface area contributed by atoms with E-state index >= 15 is 0 Å². The molecule has 19 heavy (non-hydrogen) atoms. The van der Waals surface area contributed by atoms with Gasteiger partial charge in [0.1, 0.15) is 6.04 Å². The highest BCUT2D eigenvalue weighted by Gasteiger charge is 2.21. The second-order valence-electron chi connectivity index (χ2n) is 5.83. The molecule has 106 valence electrons. The second-order valence-corrected chi connectivity index (χ2v) is 5.83. The average Bonchev–Trinajstić information content (AvgIpc) is 2.25. The van der Waals surface area contributed by atoms with E-state index < -0.39 is 12.0 Å². The Morgan fingerprint density at radius 3 is 2.11 bits per heavy atom. The molecule has 3 nitrogen and oxygen atoms in total. The minimum Gasteiger partial charge on any atom is -0.480 e. The van der Waals surface area contributed by atoms with E-state index in [9.17, 15) is 9.90 Å². The molecule has 0 aliphatic rings. The lowest BCUT2D eigenvalue weighted by molar-refractivity contribution is -0.140. The van der Waals surface area contributed by atoms with Gasteiger partial charge in [-0.2, -0.15) is 0 Å². The molecule has 0 saturated carbocycles. The quantitative estimate of drug-likeness (QED) is 0.826. The first kappa shape index (κ1) is 15.7. The topological polar surface area (TPSA) is 49.3 Å². The third kappa shape index (κ3) is 5.03. The molecule has 0 heterocycles. The van der Waals surface area contributed by atoms with E-state index in [4.69, 9.17) is 0 Å². The Labute approximate surface area is 116 Å². The van der Waals surface area contributed by atoms with Crippen molar-refractivity contribution in [3.05, 3.63) is 34.9 Å². The Morgan fingerprint density at radius 2 is 1.68 bits per heavy atom. The van der Waals surface area contributed by atoms with Gasteiger partial charge in [0.25, 0.3) is 0 Å². The monoisotopic (exact) mass is 263 g/mol. The number of hydrogen-bond donors (Lipinski definition) is 2. The summed E-state index contributed by atoms with van der Waals surface area (Å²) in [6.07, 6.45) is 0.643. The second kappa shape index (κ2) is 6.71. The molecule has 0 aliphatic heterocycles. The largest absolute Gasteiger partial charge is 0.480 e. The van der Waals surface area contributed by atoms with E-state index in [1.54, 1.807) is 0 Å². The molecule has 2 N–H and O–H groups in total. The van der Waals surface area contributed by atoms with Crippen LogP contribution in [0.25, 0.3) is 0 Å². The minimum absolute atomic E-state index is 0.0402. The van der Waals surface area contributed by atoms with Gasteiger partial charge in [-0.15, -0.1) is 0 Å². The summed E-state index contributed by atoms with van der Waals surface area (Å²) in [5.74, 6) is -0.412. The van der Waals surface area contributed by atoms with Gasteiger partial charge in [0, 0.05) is 6.04 Å². The van der Waals surface area contributed by atoms with E-state index in [-0.39, 0.29) is 6.04 Å². The third-order valence-electron chi connectivity index (χ3n) is 3.20. The fourth-order valence-electron chi connectivity index (χ4n) is 2.37. The molecule has 3 heteroatoms. The van der Waals surface area contributed by atoms with Crippen molar-refractivity contribution in [3.63, 3.8) is 0 Å². The van der Waals surface area contributed by atoms with Crippen LogP contribution in [0.1, 0.15) is 49.9 Å². The van der Waals surface area contributed by atoms with Crippen LogP contribution in [0.3, 0.4) is 0 Å². The number of carboxylic acid groups (broad SMARTS) is 1. The summed E-state index contributed by atoms with van der Waals surface area (Å²) in [6.45, 7) is 10.2. The highest BCUT2D eigenvalue weighted by Crippen LogP contribution is 2.18. The summed E-state index contributed by atoms with van der Waals surface area (Å²) in [4.78, 5) is 11.3. The van der Waals surface area contributed by atoms with Crippen molar-refractivity contribution in [2.75, 3.05) is 0 Å². The van der Waals surface area contributed by atoms with Gasteiger partial charge in [0.15, 0.2) is 0 Å². The van der Waals surface area contributed by atoms with E-state index in [2.05, 4.69) is 37.4 Å². The minimum atomic E-state index is -0.773. The van der Waals surface area contributed by atoms with Crippen LogP contribution in [0.4, 0.5) is 0 Å². The Hall–Kier alpha value is -1.35. The van der Waals surface area contributed by atoms with Crippen LogP contribution >= 0.6 is 0 Å². The number of hydrogen-bond acceptors (Lipinski definition) is 2. The number of benzene rings is 1. The van der Waals surface area contributed by atoms with Gasteiger partial charge >= 0.3 is 5.97 Å². The summed E-state index contributed by atoms with van der Waals surface area (Å²) < 4.78 is 0. The molecule has 0 spiro atoms. The normalized spacial score (nSPS) is 14.4. The molecule has 2 atom stereocenters. The molecule has 0 bridgehead atoms. The molecule has 0 aromatic heterocycles. The number of carboxylic acids is 1. The van der Waals surface area contributed by atoms with Crippen molar-refractivity contribution in [2.24, 2.45) is 5.92 Å². The van der Waals surface area contributed by atoms with Crippen LogP contribution in [-0.4, -0.2) is 17.1 Å². The molecular formula is C16H25NO2. The van der Waals surface area contributed by atoms with Gasteiger partial charge in [0.05, 0.1) is 0 Å². The van der Waals surface area contributed by atoms with Gasteiger partial charge in [-0.1, -0.05) is 43.2 Å². The Morgan fingerprint density at radius 1 is 1.16 bits per heavy atom. The van der Waals surface area contributed by atoms with E-state index in [0.717, 1.165) is 5.56 Å². The number of aryl methyl sites for hydroxylation is 2. The lowest BCUT2D eigenvalue weighted by Gasteiger charge is -2.22. The van der Waals surface area contributed by atoms with E-state index in [1.165, 1.54) is 11.1 Å². The predicted octanol–water partition coefficient (Wildman–Crippen LogP) is 3.45. The van der Waals surface area contributed by atoms with Gasteiger partial charge in [-0.05, 0) is 38.7 Å². The predicted molar refractivity (Wildman–Crippen MR) is 78.3 cm³/mol. The standard InChI is InChI=1S/C16H25NO2/c1-10(2)6-15(16(18)19)17-13(5)14-8-11(3)7-12(4)9-14/h7-10,13,15,17H,6H2,1-5H3,(H,18,19). The fraction of sp³-hybridized carbons (Fsp3) is 0.562. The zero-order valence-electron chi connectivity index (χ0n) is 12.5. The number of aliphatic carboxylic acids is 1. The summed E-state index contributed by atoms with van der Waals surface area (Å²) in [5.41, 5.74) is 3.56. The van der Waals surface area contributed by atoms with E-state index in [1.807, 2.05) is 20.8 Å². The van der Waals surface area contributed by atoms with Crippen LogP contribution in [-0.2, 0) is 4.79 Å². The lowest BCUT2D eigenvalue weighted by Crippen LogP contribution is -2.39. The molecule has 0 radical (unpaired) electrons. The molecule has 0 saturated heterocycles. The van der Waals surface area contributed by atoms with E-state index in [0.29, 0.717) is 12.3 Å². The van der Waals surface area contributed by atoms with Crippen molar-refractivity contribution in [1.29, 1.82) is 0 Å². The summed E-state index contributed by atoms with van der Waals surface area (Å²) >= 11 is 0. The maximum absolute atomic E-state index is 11.3. The molecular weight excluding hydrogens is 238 g/mol. The average molecular weight is 263 g/mol. The van der Waals surface area contributed by atoms with Crippen molar-refractivity contribution in [3.8, 4) is 0 Å². The number of nitrogens with one attached hydrogen (secondary N) is 1. The molecule has 1 aromatic carbocycles. The van der Waals surface area contributed by atoms with Gasteiger partial charge in [-0.25, -0.2) is 0 Å². The Bertz CT molecular complexity index is 420.